The third-order valence-electron chi connectivity index (χ3n) is 4.17. The van der Waals surface area contributed by atoms with Crippen molar-refractivity contribution < 1.29 is 13.5 Å². The fraction of sp³-hybridized carbons (Fsp3) is 0.467. The van der Waals surface area contributed by atoms with E-state index in [-0.39, 0.29) is 0 Å². The van der Waals surface area contributed by atoms with Gasteiger partial charge in [0.2, 0.25) is 17.6 Å². The van der Waals surface area contributed by atoms with Crippen LogP contribution in [0.15, 0.2) is 31.9 Å². The molecule has 0 bridgehead atoms. The van der Waals surface area contributed by atoms with Crippen molar-refractivity contribution >= 4 is 0 Å². The van der Waals surface area contributed by atoms with Crippen LogP contribution in [0.5, 0.6) is 0 Å². The van der Waals surface area contributed by atoms with Crippen LogP contribution < -0.4 is 5.73 Å². The van der Waals surface area contributed by atoms with Crippen LogP contribution in [0.2, 0.25) is 0 Å². The molecule has 0 amide bonds. The Morgan fingerprint density at radius 2 is 1.78 bits per heavy atom. The third-order valence-corrected chi connectivity index (χ3v) is 4.17. The number of nitrogens with two attached hydrogens (primary N) is 1. The molecular weight excluding hydrogens is 298 g/mol. The Labute approximate surface area is 132 Å². The number of aryl methyl sites for hydroxylation is 2. The van der Waals surface area contributed by atoms with Crippen LogP contribution in [0, 0.1) is 0 Å². The first-order valence-electron chi connectivity index (χ1n) is 7.71. The highest BCUT2D eigenvalue weighted by atomic mass is 16.5. The molecule has 3 heterocycles. The highest BCUT2D eigenvalue weighted by Crippen LogP contribution is 2.34. The average Bonchev–Trinajstić information content (AvgIpc) is 3.31. The summed E-state index contributed by atoms with van der Waals surface area (Å²) in [5.41, 5.74) is 5.89. The number of nitrogens with zero attached hydrogens (tertiary/aromatic N) is 4. The van der Waals surface area contributed by atoms with Crippen LogP contribution in [0.3, 0.4) is 0 Å². The summed E-state index contributed by atoms with van der Waals surface area (Å²) in [6.45, 7) is 0. The van der Waals surface area contributed by atoms with Crippen molar-refractivity contribution in [2.75, 3.05) is 0 Å². The van der Waals surface area contributed by atoms with E-state index in [0.717, 1.165) is 25.7 Å². The summed E-state index contributed by atoms with van der Waals surface area (Å²) in [6.07, 6.45) is 6.65. The van der Waals surface area contributed by atoms with E-state index in [1.165, 1.54) is 0 Å². The molecule has 120 valence electrons. The van der Waals surface area contributed by atoms with Gasteiger partial charge < -0.3 is 19.2 Å². The molecular formula is C15H17N5O3. The Kier molecular flexibility index (Phi) is 3.45. The van der Waals surface area contributed by atoms with Gasteiger partial charge in [-0.1, -0.05) is 23.2 Å². The Bertz CT molecular complexity index is 771. The van der Waals surface area contributed by atoms with Gasteiger partial charge in [-0.05, 0) is 25.0 Å². The summed E-state index contributed by atoms with van der Waals surface area (Å²) in [5.74, 6) is 2.65. The van der Waals surface area contributed by atoms with Crippen molar-refractivity contribution in [2.45, 2.75) is 44.1 Å². The van der Waals surface area contributed by atoms with Crippen molar-refractivity contribution in [3.8, 4) is 11.6 Å². The van der Waals surface area contributed by atoms with E-state index in [2.05, 4.69) is 20.3 Å². The van der Waals surface area contributed by atoms with Gasteiger partial charge in [-0.15, -0.1) is 0 Å². The van der Waals surface area contributed by atoms with E-state index in [4.69, 9.17) is 19.2 Å². The van der Waals surface area contributed by atoms with E-state index in [1.54, 1.807) is 18.4 Å². The lowest BCUT2D eigenvalue weighted by Gasteiger charge is -2.17. The van der Waals surface area contributed by atoms with Gasteiger partial charge in [0, 0.05) is 12.8 Å². The molecule has 0 atom stereocenters. The molecule has 1 aliphatic carbocycles. The van der Waals surface area contributed by atoms with Gasteiger partial charge in [0.05, 0.1) is 11.8 Å². The Morgan fingerprint density at radius 1 is 1.04 bits per heavy atom. The van der Waals surface area contributed by atoms with Crippen LogP contribution in [0.25, 0.3) is 11.6 Å². The van der Waals surface area contributed by atoms with Crippen LogP contribution in [0.4, 0.5) is 0 Å². The summed E-state index contributed by atoms with van der Waals surface area (Å²) in [4.78, 5) is 8.70. The zero-order valence-electron chi connectivity index (χ0n) is 12.6. The van der Waals surface area contributed by atoms with Crippen molar-refractivity contribution in [3.05, 3.63) is 36.0 Å². The lowest BCUT2D eigenvalue weighted by atomic mass is 9.99. The van der Waals surface area contributed by atoms with E-state index in [0.29, 0.717) is 42.0 Å². The fourth-order valence-electron chi connectivity index (χ4n) is 2.86. The zero-order chi connectivity index (χ0) is 15.7. The predicted molar refractivity (Wildman–Crippen MR) is 78.0 cm³/mol. The first-order chi connectivity index (χ1) is 11.2. The topological polar surface area (TPSA) is 117 Å². The monoisotopic (exact) mass is 315 g/mol. The third kappa shape index (κ3) is 2.77. The maximum Gasteiger partial charge on any atom is 0.238 e. The van der Waals surface area contributed by atoms with Crippen molar-refractivity contribution in [1.82, 2.24) is 20.3 Å². The smallest absolute Gasteiger partial charge is 0.238 e. The first kappa shape index (κ1) is 14.1. The summed E-state index contributed by atoms with van der Waals surface area (Å²) in [7, 11) is 0. The van der Waals surface area contributed by atoms with Crippen LogP contribution in [-0.2, 0) is 18.4 Å². The zero-order valence-corrected chi connectivity index (χ0v) is 12.6. The van der Waals surface area contributed by atoms with Crippen molar-refractivity contribution in [2.24, 2.45) is 5.73 Å². The first-order valence-corrected chi connectivity index (χ1v) is 7.71. The standard InChI is InChI=1S/C15H17N5O3/c16-15(7-1-2-8-15)14-18-12(23-20-14)6-5-11-17-13(19-22-11)10-4-3-9-21-10/h3-4,9H,1-2,5-8,16H2. The molecule has 23 heavy (non-hydrogen) atoms. The van der Waals surface area contributed by atoms with Crippen LogP contribution in [-0.4, -0.2) is 20.3 Å². The molecule has 0 radical (unpaired) electrons. The minimum atomic E-state index is -0.432. The molecule has 0 saturated heterocycles. The summed E-state index contributed by atoms with van der Waals surface area (Å²) < 4.78 is 15.7. The number of aromatic nitrogens is 4. The highest BCUT2D eigenvalue weighted by molar-refractivity contribution is 5.44. The maximum absolute atomic E-state index is 6.32. The lowest BCUT2D eigenvalue weighted by Crippen LogP contribution is -2.34. The van der Waals surface area contributed by atoms with Gasteiger partial charge in [0.1, 0.15) is 0 Å². The molecule has 2 N–H and O–H groups in total. The molecule has 3 aromatic rings. The molecule has 1 fully saturated rings. The van der Waals surface area contributed by atoms with E-state index in [1.807, 2.05) is 0 Å². The Morgan fingerprint density at radius 3 is 2.52 bits per heavy atom. The molecule has 8 heteroatoms. The molecule has 8 nitrogen and oxygen atoms in total. The fourth-order valence-corrected chi connectivity index (χ4v) is 2.86. The molecule has 0 spiro atoms. The summed E-state index contributed by atoms with van der Waals surface area (Å²) >= 11 is 0. The molecule has 3 aromatic heterocycles. The normalized spacial score (nSPS) is 16.9. The number of hydrogen-bond donors (Lipinski definition) is 1. The molecule has 4 rings (SSSR count). The highest BCUT2D eigenvalue weighted by Gasteiger charge is 2.35. The molecule has 1 aliphatic rings. The lowest BCUT2D eigenvalue weighted by molar-refractivity contribution is 0.339. The molecule has 0 aromatic carbocycles. The quantitative estimate of drug-likeness (QED) is 0.761. The van der Waals surface area contributed by atoms with Gasteiger partial charge in [-0.3, -0.25) is 0 Å². The summed E-state index contributed by atoms with van der Waals surface area (Å²) in [6, 6.07) is 3.55. The van der Waals surface area contributed by atoms with Gasteiger partial charge in [-0.2, -0.15) is 9.97 Å². The Hall–Kier alpha value is -2.48. The predicted octanol–water partition coefficient (Wildman–Crippen LogP) is 2.23. The maximum atomic E-state index is 6.32. The number of hydrogen-bond acceptors (Lipinski definition) is 8. The van der Waals surface area contributed by atoms with E-state index in [9.17, 15) is 0 Å². The van der Waals surface area contributed by atoms with Gasteiger partial charge in [0.15, 0.2) is 11.6 Å². The Balaban J connectivity index is 1.41. The van der Waals surface area contributed by atoms with Crippen molar-refractivity contribution in [1.29, 1.82) is 0 Å². The second-order valence-electron chi connectivity index (χ2n) is 5.86. The van der Waals surface area contributed by atoms with Gasteiger partial charge >= 0.3 is 0 Å². The summed E-state index contributed by atoms with van der Waals surface area (Å²) in [5, 5.41) is 7.92. The van der Waals surface area contributed by atoms with E-state index >= 15 is 0 Å². The second kappa shape index (κ2) is 5.62. The molecule has 1 saturated carbocycles. The minimum Gasteiger partial charge on any atom is -0.461 e. The number of furan rings is 1. The SMILES string of the molecule is NC1(c2noc(CCc3nc(-c4ccco4)no3)n2)CCCC1. The van der Waals surface area contributed by atoms with Gasteiger partial charge in [0.25, 0.3) is 0 Å². The molecule has 0 aliphatic heterocycles. The number of rotatable bonds is 5. The average molecular weight is 315 g/mol. The van der Waals surface area contributed by atoms with E-state index < -0.39 is 5.54 Å². The second-order valence-corrected chi connectivity index (χ2v) is 5.86. The van der Waals surface area contributed by atoms with Crippen LogP contribution >= 0.6 is 0 Å². The van der Waals surface area contributed by atoms with Crippen LogP contribution in [0.1, 0.15) is 43.3 Å². The largest absolute Gasteiger partial charge is 0.461 e. The van der Waals surface area contributed by atoms with Gasteiger partial charge in [-0.25, -0.2) is 0 Å². The molecule has 0 unspecified atom stereocenters. The van der Waals surface area contributed by atoms with Crippen molar-refractivity contribution in [3.63, 3.8) is 0 Å². The minimum absolute atomic E-state index is 0.432.